The largest absolute Gasteiger partial charge is 0.481 e. The molecule has 0 fully saturated rings. The Bertz CT molecular complexity index is 809. The average Bonchev–Trinajstić information content (AvgIpc) is 3.06. The third-order valence-corrected chi connectivity index (χ3v) is 9.04. The molecular weight excluding hydrogens is 592 g/mol. The fourth-order valence-electron chi connectivity index (χ4n) is 5.98. The van der Waals surface area contributed by atoms with Gasteiger partial charge in [0.25, 0.3) is 0 Å². The van der Waals surface area contributed by atoms with Crippen LogP contribution in [-0.4, -0.2) is 23.1 Å². The summed E-state index contributed by atoms with van der Waals surface area (Å²) in [5.41, 5.74) is 0. The standard InChI is InChI=1S/C44H78O4/c1-3-4-5-6-7-8-9-10-11-15-20-23-26-29-32-35-38-41-44(47)48-42(2)39-36-33-30-27-24-21-18-16-13-12-14-17-19-22-25-28-31-34-37-40-43(45)46/h7-8,10-11,20,23,29,32,42H,3-6,9,12-19,21-22,24-28,30-31,33-41H2,1-2H3,(H,45,46)/b8-7-,11-10-,23-20-,32-29-. The summed E-state index contributed by atoms with van der Waals surface area (Å²) in [5.74, 6) is -0.707. The molecule has 0 aliphatic carbocycles. The molecule has 1 N–H and O–H groups in total. The number of ether oxygens (including phenoxy) is 1. The molecule has 0 spiro atoms. The fourth-order valence-corrected chi connectivity index (χ4v) is 5.98. The minimum absolute atomic E-state index is 0.0379. The number of hydrogen-bond acceptors (Lipinski definition) is 3. The van der Waals surface area contributed by atoms with Crippen molar-refractivity contribution < 1.29 is 19.4 Å². The van der Waals surface area contributed by atoms with E-state index in [-0.39, 0.29) is 12.1 Å². The molecule has 0 radical (unpaired) electrons. The smallest absolute Gasteiger partial charge is 0.306 e. The van der Waals surface area contributed by atoms with Crippen molar-refractivity contribution in [1.29, 1.82) is 0 Å². The molecular formula is C44H78O4. The molecule has 1 atom stereocenters. The van der Waals surface area contributed by atoms with Crippen molar-refractivity contribution in [1.82, 2.24) is 0 Å². The maximum Gasteiger partial charge on any atom is 0.306 e. The van der Waals surface area contributed by atoms with Gasteiger partial charge in [0.1, 0.15) is 0 Å². The molecule has 4 heteroatoms. The lowest BCUT2D eigenvalue weighted by molar-refractivity contribution is -0.148. The Labute approximate surface area is 298 Å². The predicted octanol–water partition coefficient (Wildman–Crippen LogP) is 14.3. The van der Waals surface area contributed by atoms with E-state index in [2.05, 4.69) is 55.5 Å². The Morgan fingerprint density at radius 2 is 0.854 bits per heavy atom. The Morgan fingerprint density at radius 3 is 1.27 bits per heavy atom. The van der Waals surface area contributed by atoms with E-state index in [1.807, 2.05) is 6.92 Å². The minimum atomic E-state index is -0.662. The van der Waals surface area contributed by atoms with E-state index in [9.17, 15) is 9.59 Å². The van der Waals surface area contributed by atoms with E-state index < -0.39 is 5.97 Å². The summed E-state index contributed by atoms with van der Waals surface area (Å²) in [4.78, 5) is 22.7. The molecule has 0 aromatic heterocycles. The van der Waals surface area contributed by atoms with E-state index in [0.29, 0.717) is 12.8 Å². The lowest BCUT2D eigenvalue weighted by atomic mass is 10.0. The van der Waals surface area contributed by atoms with E-state index in [1.54, 1.807) is 0 Å². The summed E-state index contributed by atoms with van der Waals surface area (Å²) < 4.78 is 5.63. The second kappa shape index (κ2) is 39.3. The minimum Gasteiger partial charge on any atom is -0.481 e. The van der Waals surface area contributed by atoms with Gasteiger partial charge in [-0.05, 0) is 71.1 Å². The first-order valence-corrected chi connectivity index (χ1v) is 20.6. The lowest BCUT2D eigenvalue weighted by Gasteiger charge is -2.13. The van der Waals surface area contributed by atoms with E-state index in [4.69, 9.17) is 9.84 Å². The highest BCUT2D eigenvalue weighted by Gasteiger charge is 2.08. The number of carboxylic acid groups (broad SMARTS) is 1. The van der Waals surface area contributed by atoms with Crippen molar-refractivity contribution in [3.05, 3.63) is 48.6 Å². The zero-order valence-electron chi connectivity index (χ0n) is 31.8. The number of unbranched alkanes of at least 4 members (excludes halogenated alkanes) is 22. The zero-order valence-corrected chi connectivity index (χ0v) is 31.8. The van der Waals surface area contributed by atoms with Crippen LogP contribution in [0.5, 0.6) is 0 Å². The van der Waals surface area contributed by atoms with Gasteiger partial charge in [-0.15, -0.1) is 0 Å². The van der Waals surface area contributed by atoms with E-state index in [1.165, 1.54) is 128 Å². The highest BCUT2D eigenvalue weighted by molar-refractivity contribution is 5.69. The van der Waals surface area contributed by atoms with Crippen molar-refractivity contribution >= 4 is 11.9 Å². The molecule has 0 aromatic rings. The molecule has 4 nitrogen and oxygen atoms in total. The monoisotopic (exact) mass is 671 g/mol. The third kappa shape index (κ3) is 40.1. The van der Waals surface area contributed by atoms with Crippen molar-refractivity contribution in [3.8, 4) is 0 Å². The van der Waals surface area contributed by atoms with Crippen molar-refractivity contribution in [2.45, 2.75) is 219 Å². The van der Waals surface area contributed by atoms with Gasteiger partial charge >= 0.3 is 11.9 Å². The quantitative estimate of drug-likeness (QED) is 0.0406. The van der Waals surface area contributed by atoms with Gasteiger partial charge in [-0.3, -0.25) is 9.59 Å². The first-order chi connectivity index (χ1) is 23.6. The topological polar surface area (TPSA) is 63.6 Å². The van der Waals surface area contributed by atoms with Gasteiger partial charge in [-0.2, -0.15) is 0 Å². The molecule has 0 amide bonds. The number of aliphatic carboxylic acids is 1. The number of esters is 1. The second-order valence-corrected chi connectivity index (χ2v) is 13.9. The fraction of sp³-hybridized carbons (Fsp3) is 0.773. The van der Waals surface area contributed by atoms with Crippen molar-refractivity contribution in [3.63, 3.8) is 0 Å². The van der Waals surface area contributed by atoms with Gasteiger partial charge in [0.15, 0.2) is 0 Å². The maximum atomic E-state index is 12.2. The number of hydrogen-bond donors (Lipinski definition) is 1. The molecule has 0 heterocycles. The summed E-state index contributed by atoms with van der Waals surface area (Å²) in [6.45, 7) is 4.29. The predicted molar refractivity (Wildman–Crippen MR) is 209 cm³/mol. The summed E-state index contributed by atoms with van der Waals surface area (Å²) in [5, 5.41) is 8.65. The summed E-state index contributed by atoms with van der Waals surface area (Å²) in [7, 11) is 0. The molecule has 0 aromatic carbocycles. The maximum absolute atomic E-state index is 12.2. The second-order valence-electron chi connectivity index (χ2n) is 13.9. The van der Waals surface area contributed by atoms with Crippen molar-refractivity contribution in [2.75, 3.05) is 0 Å². The van der Waals surface area contributed by atoms with Crippen LogP contribution in [0.15, 0.2) is 48.6 Å². The van der Waals surface area contributed by atoms with Crippen LogP contribution in [0.3, 0.4) is 0 Å². The zero-order chi connectivity index (χ0) is 35.0. The first-order valence-electron chi connectivity index (χ1n) is 20.6. The van der Waals surface area contributed by atoms with Crippen LogP contribution in [0.2, 0.25) is 0 Å². The van der Waals surface area contributed by atoms with Crippen LogP contribution in [0.25, 0.3) is 0 Å². The van der Waals surface area contributed by atoms with Gasteiger partial charge in [-0.1, -0.05) is 178 Å². The van der Waals surface area contributed by atoms with E-state index >= 15 is 0 Å². The molecule has 1 unspecified atom stereocenters. The highest BCUT2D eigenvalue weighted by atomic mass is 16.5. The normalized spacial score (nSPS) is 12.7. The van der Waals surface area contributed by atoms with Crippen molar-refractivity contribution in [2.24, 2.45) is 0 Å². The lowest BCUT2D eigenvalue weighted by Crippen LogP contribution is -2.14. The first kappa shape index (κ1) is 45.9. The van der Waals surface area contributed by atoms with Crippen LogP contribution < -0.4 is 0 Å². The highest BCUT2D eigenvalue weighted by Crippen LogP contribution is 2.16. The van der Waals surface area contributed by atoms with E-state index in [0.717, 1.165) is 57.8 Å². The van der Waals surface area contributed by atoms with Crippen LogP contribution in [-0.2, 0) is 14.3 Å². The molecule has 0 saturated carbocycles. The van der Waals surface area contributed by atoms with Crippen LogP contribution in [0.1, 0.15) is 213 Å². The van der Waals surface area contributed by atoms with Gasteiger partial charge in [0.05, 0.1) is 6.10 Å². The summed E-state index contributed by atoms with van der Waals surface area (Å²) >= 11 is 0. The average molecular weight is 671 g/mol. The summed E-state index contributed by atoms with van der Waals surface area (Å²) in [6, 6.07) is 0. The Balaban J connectivity index is 3.40. The van der Waals surface area contributed by atoms with Gasteiger partial charge in [-0.25, -0.2) is 0 Å². The number of carbonyl (C=O) groups excluding carboxylic acids is 1. The van der Waals surface area contributed by atoms with Gasteiger partial charge in [0, 0.05) is 12.8 Å². The van der Waals surface area contributed by atoms with Crippen LogP contribution in [0, 0.1) is 0 Å². The van der Waals surface area contributed by atoms with Crippen LogP contribution in [0.4, 0.5) is 0 Å². The Kier molecular flexibility index (Phi) is 37.6. The Morgan fingerprint density at radius 1 is 0.479 bits per heavy atom. The molecule has 0 saturated heterocycles. The molecule has 0 aliphatic rings. The molecule has 278 valence electrons. The van der Waals surface area contributed by atoms with Gasteiger partial charge in [0.2, 0.25) is 0 Å². The SMILES string of the molecule is CCCCC/C=C\C/C=C\C/C=C\C/C=C\CCCC(=O)OC(C)CCCCCCCCCCCCCCCCCCCCCC(=O)O. The molecule has 0 aliphatic heterocycles. The number of carbonyl (C=O) groups is 2. The molecule has 48 heavy (non-hydrogen) atoms. The molecule has 0 rings (SSSR count). The summed E-state index contributed by atoms with van der Waals surface area (Å²) in [6.07, 6.45) is 54.2. The third-order valence-electron chi connectivity index (χ3n) is 9.04. The number of rotatable bonds is 37. The Hall–Kier alpha value is -2.10. The van der Waals surface area contributed by atoms with Crippen LogP contribution >= 0.6 is 0 Å². The number of allylic oxidation sites excluding steroid dienone is 8. The molecule has 0 bridgehead atoms. The number of carboxylic acids is 1. The van der Waals surface area contributed by atoms with Gasteiger partial charge < -0.3 is 9.84 Å².